The van der Waals surface area contributed by atoms with Gasteiger partial charge in [-0.1, -0.05) is 5.16 Å². The molecule has 18 heavy (non-hydrogen) atoms. The minimum atomic E-state index is -0.0537. The van der Waals surface area contributed by atoms with Crippen LogP contribution >= 0.6 is 11.8 Å². The van der Waals surface area contributed by atoms with E-state index in [4.69, 9.17) is 19.7 Å². The third kappa shape index (κ3) is 2.54. The summed E-state index contributed by atoms with van der Waals surface area (Å²) in [5.74, 6) is 3.14. The zero-order chi connectivity index (χ0) is 12.4. The van der Waals surface area contributed by atoms with Crippen LogP contribution in [0.3, 0.4) is 0 Å². The van der Waals surface area contributed by atoms with Gasteiger partial charge in [0, 0.05) is 24.2 Å². The molecule has 2 N–H and O–H groups in total. The Morgan fingerprint density at radius 2 is 2.28 bits per heavy atom. The minimum absolute atomic E-state index is 0.0104. The number of hydrogen-bond donors (Lipinski definition) is 1. The molecule has 2 aliphatic rings. The Hall–Kier alpha value is -0.630. The summed E-state index contributed by atoms with van der Waals surface area (Å²) in [6.07, 6.45) is 0.778. The van der Waals surface area contributed by atoms with Crippen LogP contribution in [-0.2, 0) is 9.47 Å². The zero-order valence-corrected chi connectivity index (χ0v) is 10.9. The minimum Gasteiger partial charge on any atom is -0.381 e. The second kappa shape index (κ2) is 5.56. The molecule has 0 amide bonds. The third-order valence-electron chi connectivity index (χ3n) is 3.29. The van der Waals surface area contributed by atoms with Crippen molar-refractivity contribution in [3.05, 3.63) is 11.7 Å². The van der Waals surface area contributed by atoms with Crippen molar-refractivity contribution in [2.45, 2.75) is 24.5 Å². The molecule has 3 atom stereocenters. The highest BCUT2D eigenvalue weighted by Gasteiger charge is 2.31. The molecule has 1 aromatic rings. The zero-order valence-electron chi connectivity index (χ0n) is 10.1. The highest BCUT2D eigenvalue weighted by molar-refractivity contribution is 7.99. The Morgan fingerprint density at radius 3 is 3.06 bits per heavy atom. The van der Waals surface area contributed by atoms with Crippen LogP contribution in [0.15, 0.2) is 4.52 Å². The average Bonchev–Trinajstić information content (AvgIpc) is 2.90. The lowest BCUT2D eigenvalue weighted by atomic mass is 9.97. The van der Waals surface area contributed by atoms with Crippen LogP contribution in [-0.4, -0.2) is 47.5 Å². The fourth-order valence-corrected chi connectivity index (χ4v) is 3.01. The molecule has 100 valence electrons. The van der Waals surface area contributed by atoms with E-state index in [1.54, 1.807) is 0 Å². The highest BCUT2D eigenvalue weighted by atomic mass is 32.2. The van der Waals surface area contributed by atoms with Crippen molar-refractivity contribution in [1.29, 1.82) is 0 Å². The summed E-state index contributed by atoms with van der Waals surface area (Å²) in [7, 11) is 0. The summed E-state index contributed by atoms with van der Waals surface area (Å²) >= 11 is 1.85. The van der Waals surface area contributed by atoms with Crippen LogP contribution in [0.4, 0.5) is 0 Å². The lowest BCUT2D eigenvalue weighted by Gasteiger charge is -2.25. The molecule has 2 aliphatic heterocycles. The smallest absolute Gasteiger partial charge is 0.233 e. The van der Waals surface area contributed by atoms with Crippen LogP contribution in [0.5, 0.6) is 0 Å². The van der Waals surface area contributed by atoms with Crippen molar-refractivity contribution in [3.63, 3.8) is 0 Å². The fourth-order valence-electron chi connectivity index (χ4n) is 2.17. The van der Waals surface area contributed by atoms with Crippen molar-refractivity contribution in [2.75, 3.05) is 31.3 Å². The van der Waals surface area contributed by atoms with Gasteiger partial charge in [0.25, 0.3) is 0 Å². The van der Waals surface area contributed by atoms with Crippen molar-refractivity contribution in [3.8, 4) is 0 Å². The molecule has 2 saturated heterocycles. The lowest BCUT2D eigenvalue weighted by Crippen LogP contribution is -2.37. The van der Waals surface area contributed by atoms with Gasteiger partial charge in [0.15, 0.2) is 0 Å². The molecule has 0 bridgehead atoms. The van der Waals surface area contributed by atoms with Crippen LogP contribution in [0.25, 0.3) is 0 Å². The van der Waals surface area contributed by atoms with Gasteiger partial charge in [-0.15, -0.1) is 0 Å². The lowest BCUT2D eigenvalue weighted by molar-refractivity contribution is 0.0589. The molecule has 3 heterocycles. The van der Waals surface area contributed by atoms with E-state index in [9.17, 15) is 0 Å². The fraction of sp³-hybridized carbons (Fsp3) is 0.818. The maximum absolute atomic E-state index is 6.06. The first-order valence-corrected chi connectivity index (χ1v) is 7.36. The van der Waals surface area contributed by atoms with E-state index in [1.807, 2.05) is 11.8 Å². The largest absolute Gasteiger partial charge is 0.381 e. The van der Waals surface area contributed by atoms with Gasteiger partial charge in [-0.3, -0.25) is 0 Å². The van der Waals surface area contributed by atoms with Crippen molar-refractivity contribution >= 4 is 11.8 Å². The van der Waals surface area contributed by atoms with Crippen molar-refractivity contribution in [1.82, 2.24) is 10.1 Å². The molecular formula is C11H17N3O3S. The first-order chi connectivity index (χ1) is 8.84. The van der Waals surface area contributed by atoms with Gasteiger partial charge in [-0.25, -0.2) is 0 Å². The summed E-state index contributed by atoms with van der Waals surface area (Å²) < 4.78 is 16.4. The van der Waals surface area contributed by atoms with Crippen molar-refractivity contribution < 1.29 is 14.0 Å². The number of aromatic nitrogens is 2. The molecule has 7 heteroatoms. The van der Waals surface area contributed by atoms with Gasteiger partial charge >= 0.3 is 0 Å². The molecule has 0 saturated carbocycles. The molecule has 6 nitrogen and oxygen atoms in total. The van der Waals surface area contributed by atoms with Crippen LogP contribution < -0.4 is 5.73 Å². The maximum atomic E-state index is 6.06. The second-order valence-corrected chi connectivity index (χ2v) is 5.71. The van der Waals surface area contributed by atoms with E-state index in [0.29, 0.717) is 24.9 Å². The molecular weight excluding hydrogens is 254 g/mol. The normalized spacial score (nSPS) is 33.5. The monoisotopic (exact) mass is 271 g/mol. The summed E-state index contributed by atoms with van der Waals surface area (Å²) in [6, 6.07) is 0.0358. The number of nitrogens with zero attached hydrogens (tertiary/aromatic N) is 2. The van der Waals surface area contributed by atoms with Gasteiger partial charge in [0.1, 0.15) is 6.10 Å². The number of thioether (sulfide) groups is 1. The van der Waals surface area contributed by atoms with E-state index in [-0.39, 0.29) is 18.1 Å². The SMILES string of the molecule is NC1CCOCC1c1nc(C2CSCCO2)no1. The first-order valence-electron chi connectivity index (χ1n) is 6.21. The van der Waals surface area contributed by atoms with Crippen LogP contribution in [0, 0.1) is 0 Å². The number of ether oxygens (including phenoxy) is 2. The Labute approximate surface area is 110 Å². The predicted octanol–water partition coefficient (Wildman–Crippen LogP) is 0.705. The van der Waals surface area contributed by atoms with Gasteiger partial charge in [0.05, 0.1) is 19.1 Å². The molecule has 2 fully saturated rings. The maximum Gasteiger partial charge on any atom is 0.233 e. The van der Waals surface area contributed by atoms with E-state index >= 15 is 0 Å². The van der Waals surface area contributed by atoms with Gasteiger partial charge in [-0.2, -0.15) is 16.7 Å². The van der Waals surface area contributed by atoms with E-state index < -0.39 is 0 Å². The first kappa shape index (κ1) is 12.4. The Morgan fingerprint density at radius 1 is 1.33 bits per heavy atom. The summed E-state index contributed by atoms with van der Waals surface area (Å²) in [4.78, 5) is 4.43. The molecule has 3 unspecified atom stereocenters. The Bertz CT molecular complexity index is 395. The van der Waals surface area contributed by atoms with Gasteiger partial charge in [0.2, 0.25) is 11.7 Å². The molecule has 0 spiro atoms. The molecule has 0 aromatic carbocycles. The topological polar surface area (TPSA) is 83.4 Å². The highest BCUT2D eigenvalue weighted by Crippen LogP contribution is 2.28. The van der Waals surface area contributed by atoms with Crippen LogP contribution in [0.2, 0.25) is 0 Å². The molecule has 0 aliphatic carbocycles. The van der Waals surface area contributed by atoms with Gasteiger partial charge in [-0.05, 0) is 6.42 Å². The Kier molecular flexibility index (Phi) is 3.83. The van der Waals surface area contributed by atoms with E-state index in [1.165, 1.54) is 0 Å². The van der Waals surface area contributed by atoms with Gasteiger partial charge < -0.3 is 19.7 Å². The Balaban J connectivity index is 1.71. The van der Waals surface area contributed by atoms with Crippen molar-refractivity contribution in [2.24, 2.45) is 5.73 Å². The summed E-state index contributed by atoms with van der Waals surface area (Å²) in [6.45, 7) is 2.01. The van der Waals surface area contributed by atoms with E-state index in [0.717, 1.165) is 24.5 Å². The second-order valence-electron chi connectivity index (χ2n) is 4.56. The molecule has 0 radical (unpaired) electrons. The molecule has 1 aromatic heterocycles. The number of hydrogen-bond acceptors (Lipinski definition) is 7. The quantitative estimate of drug-likeness (QED) is 0.847. The van der Waals surface area contributed by atoms with E-state index in [2.05, 4.69) is 10.1 Å². The number of nitrogens with two attached hydrogens (primary N) is 1. The average molecular weight is 271 g/mol. The number of rotatable bonds is 2. The summed E-state index contributed by atoms with van der Waals surface area (Å²) in [5, 5.41) is 4.01. The van der Waals surface area contributed by atoms with Crippen LogP contribution in [0.1, 0.15) is 30.2 Å². The summed E-state index contributed by atoms with van der Waals surface area (Å²) in [5.41, 5.74) is 6.06. The standard InChI is InChI=1S/C11H17N3O3S/c12-8-1-2-15-5-7(8)11-13-10(14-17-11)9-6-18-4-3-16-9/h7-9H,1-6,12H2. The predicted molar refractivity (Wildman–Crippen MR) is 66.5 cm³/mol. The molecule has 3 rings (SSSR count). The third-order valence-corrected chi connectivity index (χ3v) is 4.28.